The Bertz CT molecular complexity index is 458. The number of nitriles is 1. The van der Waals surface area contributed by atoms with Crippen molar-refractivity contribution in [1.29, 1.82) is 5.26 Å². The maximum absolute atomic E-state index is 9.52. The maximum atomic E-state index is 9.52. The molecule has 1 aliphatic heterocycles. The highest BCUT2D eigenvalue weighted by atomic mass is 35.5. The molecule has 2 heterocycles. The van der Waals surface area contributed by atoms with E-state index in [2.05, 4.69) is 15.3 Å². The topological polar surface area (TPSA) is 69.4 Å². The van der Waals surface area contributed by atoms with Crippen LogP contribution in [0.3, 0.4) is 0 Å². The highest BCUT2D eigenvalue weighted by molar-refractivity contribution is 7.10. The molecule has 2 atom stereocenters. The lowest BCUT2D eigenvalue weighted by Crippen LogP contribution is -2.46. The third kappa shape index (κ3) is 2.75. The number of nitrogens with zero attached hydrogens (tertiary/aromatic N) is 3. The van der Waals surface area contributed by atoms with E-state index in [1.807, 2.05) is 0 Å². The lowest BCUT2D eigenvalue weighted by atomic mass is 10.1. The van der Waals surface area contributed by atoms with E-state index in [0.717, 1.165) is 5.00 Å². The Kier molecular flexibility index (Phi) is 4.40. The summed E-state index contributed by atoms with van der Waals surface area (Å²) in [7, 11) is 0. The van der Waals surface area contributed by atoms with Crippen LogP contribution >= 0.6 is 23.1 Å². The van der Waals surface area contributed by atoms with Crippen molar-refractivity contribution < 1.29 is 9.84 Å². The Morgan fingerprint density at radius 3 is 3.22 bits per heavy atom. The van der Waals surface area contributed by atoms with Gasteiger partial charge in [-0.15, -0.1) is 0 Å². The molecule has 1 aromatic rings. The molecule has 0 radical (unpaired) electrons. The van der Waals surface area contributed by atoms with E-state index in [1.165, 1.54) is 11.5 Å². The number of morpholine rings is 1. The number of aliphatic hydroxyl groups is 1. The fraction of sp³-hybridized carbons (Fsp3) is 0.636. The number of hydrogen-bond acceptors (Lipinski definition) is 6. The number of ether oxygens (including phenoxy) is 1. The number of hydrogen-bond donors (Lipinski definition) is 1. The molecule has 18 heavy (non-hydrogen) atoms. The van der Waals surface area contributed by atoms with Gasteiger partial charge in [-0.1, -0.05) is 11.6 Å². The third-order valence-corrected chi connectivity index (χ3v) is 4.10. The van der Waals surface area contributed by atoms with E-state index in [-0.39, 0.29) is 11.2 Å². The molecule has 7 heteroatoms. The van der Waals surface area contributed by atoms with E-state index < -0.39 is 6.10 Å². The van der Waals surface area contributed by atoms with Crippen molar-refractivity contribution in [2.75, 3.05) is 24.7 Å². The van der Waals surface area contributed by atoms with E-state index in [4.69, 9.17) is 21.6 Å². The Morgan fingerprint density at radius 2 is 2.56 bits per heavy atom. The van der Waals surface area contributed by atoms with E-state index in [1.54, 1.807) is 6.92 Å². The molecule has 0 bridgehead atoms. The van der Waals surface area contributed by atoms with Crippen LogP contribution in [0.4, 0.5) is 5.00 Å². The summed E-state index contributed by atoms with van der Waals surface area (Å²) in [4.78, 5) is 2.07. The number of aliphatic hydroxyl groups excluding tert-OH is 1. The van der Waals surface area contributed by atoms with Gasteiger partial charge in [0.05, 0.1) is 25.4 Å². The molecule has 5 nitrogen and oxygen atoms in total. The molecule has 0 saturated carbocycles. The molecule has 0 amide bonds. The summed E-state index contributed by atoms with van der Waals surface area (Å²) in [5.74, 6) is 0. The molecule has 0 aliphatic carbocycles. The van der Waals surface area contributed by atoms with Crippen LogP contribution in [0.25, 0.3) is 0 Å². The standard InChI is InChI=1S/C11H14ClN3O2S/c1-7(16)4-8-6-17-3-2-15(8)11-9(5-13)10(12)14-18-11/h7-8,16H,2-4,6H2,1H3. The van der Waals surface area contributed by atoms with Crippen molar-refractivity contribution in [3.8, 4) is 6.07 Å². The van der Waals surface area contributed by atoms with Gasteiger partial charge in [-0.05, 0) is 24.9 Å². The SMILES string of the molecule is CC(O)CC1COCCN1c1snc(Cl)c1C#N. The molecule has 1 aliphatic rings. The second kappa shape index (κ2) is 5.85. The van der Waals surface area contributed by atoms with Gasteiger partial charge in [-0.3, -0.25) is 0 Å². The van der Waals surface area contributed by atoms with Crippen LogP contribution in [0, 0.1) is 11.3 Å². The van der Waals surface area contributed by atoms with E-state index in [0.29, 0.717) is 31.7 Å². The van der Waals surface area contributed by atoms with Gasteiger partial charge in [0.1, 0.15) is 16.6 Å². The van der Waals surface area contributed by atoms with Crippen LogP contribution in [0.5, 0.6) is 0 Å². The smallest absolute Gasteiger partial charge is 0.162 e. The van der Waals surface area contributed by atoms with E-state index >= 15 is 0 Å². The minimum absolute atomic E-state index is 0.0577. The van der Waals surface area contributed by atoms with Crippen LogP contribution in [-0.2, 0) is 4.74 Å². The van der Waals surface area contributed by atoms with Crippen LogP contribution in [0.15, 0.2) is 0 Å². The first-order chi connectivity index (χ1) is 8.63. The summed E-state index contributed by atoms with van der Waals surface area (Å²) in [6, 6.07) is 2.14. The summed E-state index contributed by atoms with van der Waals surface area (Å²) < 4.78 is 9.45. The summed E-state index contributed by atoms with van der Waals surface area (Å²) in [5.41, 5.74) is 0.416. The fourth-order valence-corrected chi connectivity index (χ4v) is 3.19. The second-order valence-corrected chi connectivity index (χ2v) is 5.38. The normalized spacial score (nSPS) is 21.7. The number of anilines is 1. The average Bonchev–Trinajstić information content (AvgIpc) is 2.70. The summed E-state index contributed by atoms with van der Waals surface area (Å²) in [6.07, 6.45) is 0.188. The number of halogens is 1. The van der Waals surface area contributed by atoms with Gasteiger partial charge in [0.25, 0.3) is 0 Å². The summed E-state index contributed by atoms with van der Waals surface area (Å²) >= 11 is 7.11. The highest BCUT2D eigenvalue weighted by Gasteiger charge is 2.28. The van der Waals surface area contributed by atoms with Crippen molar-refractivity contribution >= 4 is 28.1 Å². The Morgan fingerprint density at radius 1 is 1.78 bits per heavy atom. The first-order valence-electron chi connectivity index (χ1n) is 5.71. The highest BCUT2D eigenvalue weighted by Crippen LogP contribution is 2.34. The van der Waals surface area contributed by atoms with Gasteiger partial charge in [-0.25, -0.2) is 0 Å². The Balaban J connectivity index is 2.25. The zero-order valence-electron chi connectivity index (χ0n) is 9.97. The van der Waals surface area contributed by atoms with Crippen LogP contribution in [-0.4, -0.2) is 41.4 Å². The van der Waals surface area contributed by atoms with Crippen molar-refractivity contribution in [2.45, 2.75) is 25.5 Å². The average molecular weight is 288 g/mol. The molecule has 2 rings (SSSR count). The largest absolute Gasteiger partial charge is 0.393 e. The Hall–Kier alpha value is -0.870. The van der Waals surface area contributed by atoms with Gasteiger partial charge >= 0.3 is 0 Å². The molecule has 1 saturated heterocycles. The summed E-state index contributed by atoms with van der Waals surface area (Å²) in [5, 5.41) is 19.7. The Labute approximate surface area is 115 Å². The zero-order valence-corrected chi connectivity index (χ0v) is 11.5. The van der Waals surface area contributed by atoms with Crippen molar-refractivity contribution in [3.05, 3.63) is 10.7 Å². The van der Waals surface area contributed by atoms with Gasteiger partial charge in [-0.2, -0.15) is 9.64 Å². The fourth-order valence-electron chi connectivity index (χ4n) is 2.06. The summed E-state index contributed by atoms with van der Waals surface area (Å²) in [6.45, 7) is 3.59. The zero-order chi connectivity index (χ0) is 13.1. The minimum Gasteiger partial charge on any atom is -0.393 e. The van der Waals surface area contributed by atoms with E-state index in [9.17, 15) is 5.11 Å². The van der Waals surface area contributed by atoms with Gasteiger partial charge in [0, 0.05) is 6.54 Å². The lowest BCUT2D eigenvalue weighted by Gasteiger charge is -2.36. The maximum Gasteiger partial charge on any atom is 0.162 e. The number of aromatic nitrogens is 1. The minimum atomic E-state index is -0.409. The molecule has 2 unspecified atom stereocenters. The molecule has 1 N–H and O–H groups in total. The first-order valence-corrected chi connectivity index (χ1v) is 6.86. The predicted octanol–water partition coefficient (Wildman–Crippen LogP) is 1.64. The monoisotopic (exact) mass is 287 g/mol. The van der Waals surface area contributed by atoms with Crippen molar-refractivity contribution in [2.24, 2.45) is 0 Å². The van der Waals surface area contributed by atoms with Crippen LogP contribution < -0.4 is 4.90 Å². The van der Waals surface area contributed by atoms with Gasteiger partial charge in [0.2, 0.25) is 0 Å². The predicted molar refractivity (Wildman–Crippen MR) is 70.1 cm³/mol. The van der Waals surface area contributed by atoms with Crippen LogP contribution in [0.2, 0.25) is 5.15 Å². The molecule has 1 aromatic heterocycles. The quantitative estimate of drug-likeness (QED) is 0.915. The third-order valence-electron chi connectivity index (χ3n) is 2.85. The molecule has 0 spiro atoms. The first kappa shape index (κ1) is 13.6. The lowest BCUT2D eigenvalue weighted by molar-refractivity contribution is 0.0725. The second-order valence-electron chi connectivity index (χ2n) is 4.27. The van der Waals surface area contributed by atoms with Crippen molar-refractivity contribution in [3.63, 3.8) is 0 Å². The molecular formula is C11H14ClN3O2S. The molecular weight excluding hydrogens is 274 g/mol. The van der Waals surface area contributed by atoms with Crippen molar-refractivity contribution in [1.82, 2.24) is 4.37 Å². The molecule has 0 aromatic carbocycles. The number of rotatable bonds is 3. The van der Waals surface area contributed by atoms with Gasteiger partial charge < -0.3 is 14.7 Å². The van der Waals surface area contributed by atoms with Gasteiger partial charge in [0.15, 0.2) is 5.15 Å². The molecule has 98 valence electrons. The van der Waals surface area contributed by atoms with Crippen LogP contribution in [0.1, 0.15) is 18.9 Å². The molecule has 1 fully saturated rings.